The van der Waals surface area contributed by atoms with Crippen LogP contribution in [0.2, 0.25) is 0 Å². The van der Waals surface area contributed by atoms with Crippen molar-refractivity contribution < 1.29 is 14.3 Å². The lowest BCUT2D eigenvalue weighted by atomic mass is 9.86. The van der Waals surface area contributed by atoms with Gasteiger partial charge in [0, 0.05) is 27.7 Å². The van der Waals surface area contributed by atoms with Crippen LogP contribution in [0.1, 0.15) is 44.4 Å². The van der Waals surface area contributed by atoms with Gasteiger partial charge in [0.2, 0.25) is 12.7 Å². The third kappa shape index (κ3) is 3.12. The van der Waals surface area contributed by atoms with Crippen molar-refractivity contribution in [3.05, 3.63) is 53.7 Å². The maximum absolute atomic E-state index is 13.2. The second-order valence-electron chi connectivity index (χ2n) is 9.01. The van der Waals surface area contributed by atoms with Crippen LogP contribution in [0.25, 0.3) is 10.9 Å². The molecule has 0 saturated heterocycles. The van der Waals surface area contributed by atoms with Crippen LogP contribution in [0.15, 0.2) is 42.5 Å². The highest BCUT2D eigenvalue weighted by atomic mass is 16.7. The molecule has 3 aromatic rings. The lowest BCUT2D eigenvalue weighted by Gasteiger charge is -2.22. The molecule has 156 valence electrons. The summed E-state index contributed by atoms with van der Waals surface area (Å²) < 4.78 is 10.9. The van der Waals surface area contributed by atoms with Gasteiger partial charge >= 0.3 is 0 Å². The van der Waals surface area contributed by atoms with Crippen molar-refractivity contribution in [2.75, 3.05) is 18.7 Å². The molecule has 0 unspecified atom stereocenters. The number of ether oxygens (including phenoxy) is 2. The number of anilines is 1. The Bertz CT molecular complexity index is 1130. The van der Waals surface area contributed by atoms with Crippen LogP contribution >= 0.6 is 0 Å². The minimum absolute atomic E-state index is 0.0192. The molecular formula is C24H27N3O3. The van der Waals surface area contributed by atoms with Crippen molar-refractivity contribution in [3.63, 3.8) is 0 Å². The molecule has 6 heteroatoms. The molecule has 1 fully saturated rings. The SMILES string of the molecule is CC(C)(CCN)c1cc2cc(NC(=O)C3(c4ccc5c(c4)OCO5)CC3)ccc2[nH]1. The van der Waals surface area contributed by atoms with Gasteiger partial charge in [0.05, 0.1) is 5.41 Å². The first-order chi connectivity index (χ1) is 14.4. The van der Waals surface area contributed by atoms with E-state index in [1.807, 2.05) is 36.4 Å². The Morgan fingerprint density at radius 3 is 2.70 bits per heavy atom. The predicted molar refractivity (Wildman–Crippen MR) is 117 cm³/mol. The second-order valence-corrected chi connectivity index (χ2v) is 9.01. The molecular weight excluding hydrogens is 378 g/mol. The number of hydrogen-bond acceptors (Lipinski definition) is 4. The number of nitrogens with two attached hydrogens (primary N) is 1. The van der Waals surface area contributed by atoms with Crippen LogP contribution < -0.4 is 20.5 Å². The van der Waals surface area contributed by atoms with E-state index in [2.05, 4.69) is 30.2 Å². The van der Waals surface area contributed by atoms with Crippen LogP contribution in [0, 0.1) is 0 Å². The van der Waals surface area contributed by atoms with Crippen molar-refractivity contribution in [2.24, 2.45) is 5.73 Å². The monoisotopic (exact) mass is 405 g/mol. The number of aromatic amines is 1. The largest absolute Gasteiger partial charge is 0.454 e. The van der Waals surface area contributed by atoms with Crippen molar-refractivity contribution in [2.45, 2.75) is 43.9 Å². The summed E-state index contributed by atoms with van der Waals surface area (Å²) in [6.07, 6.45) is 2.58. The Labute approximate surface area is 175 Å². The van der Waals surface area contributed by atoms with Crippen molar-refractivity contribution >= 4 is 22.5 Å². The third-order valence-corrected chi connectivity index (χ3v) is 6.49. The summed E-state index contributed by atoms with van der Waals surface area (Å²) in [7, 11) is 0. The van der Waals surface area contributed by atoms with Crippen molar-refractivity contribution in [3.8, 4) is 11.5 Å². The molecule has 4 N–H and O–H groups in total. The zero-order valence-electron chi connectivity index (χ0n) is 17.4. The van der Waals surface area contributed by atoms with Crippen LogP contribution in [0.4, 0.5) is 5.69 Å². The van der Waals surface area contributed by atoms with E-state index in [0.29, 0.717) is 12.3 Å². The Hall–Kier alpha value is -2.99. The fourth-order valence-electron chi connectivity index (χ4n) is 4.29. The minimum atomic E-state index is -0.484. The molecule has 1 saturated carbocycles. The van der Waals surface area contributed by atoms with E-state index in [1.165, 1.54) is 0 Å². The van der Waals surface area contributed by atoms with Gasteiger partial charge in [-0.05, 0) is 67.8 Å². The summed E-state index contributed by atoms with van der Waals surface area (Å²) in [6, 6.07) is 14.0. The number of amides is 1. The number of aromatic nitrogens is 1. The van der Waals surface area contributed by atoms with Crippen molar-refractivity contribution in [1.82, 2.24) is 4.98 Å². The lowest BCUT2D eigenvalue weighted by molar-refractivity contribution is -0.118. The first-order valence-electron chi connectivity index (χ1n) is 10.5. The lowest BCUT2D eigenvalue weighted by Crippen LogP contribution is -2.27. The highest BCUT2D eigenvalue weighted by molar-refractivity contribution is 6.02. The summed E-state index contributed by atoms with van der Waals surface area (Å²) in [5.74, 6) is 1.48. The summed E-state index contributed by atoms with van der Waals surface area (Å²) in [6.45, 7) is 5.26. The molecule has 2 heterocycles. The van der Waals surface area contributed by atoms with E-state index in [-0.39, 0.29) is 18.1 Å². The fourth-order valence-corrected chi connectivity index (χ4v) is 4.29. The Morgan fingerprint density at radius 2 is 1.93 bits per heavy atom. The minimum Gasteiger partial charge on any atom is -0.454 e. The molecule has 0 atom stereocenters. The summed E-state index contributed by atoms with van der Waals surface area (Å²) in [5.41, 5.74) is 9.28. The van der Waals surface area contributed by atoms with E-state index >= 15 is 0 Å². The zero-order chi connectivity index (χ0) is 20.9. The molecule has 0 bridgehead atoms. The normalized spacial score (nSPS) is 16.6. The number of hydrogen-bond donors (Lipinski definition) is 3. The van der Waals surface area contributed by atoms with Gasteiger partial charge in [0.25, 0.3) is 0 Å². The molecule has 2 aromatic carbocycles. The van der Waals surface area contributed by atoms with Crippen LogP contribution in [-0.4, -0.2) is 24.2 Å². The van der Waals surface area contributed by atoms with Crippen molar-refractivity contribution in [1.29, 1.82) is 0 Å². The molecule has 0 radical (unpaired) electrons. The zero-order valence-corrected chi connectivity index (χ0v) is 17.4. The number of carbonyl (C=O) groups is 1. The fraction of sp³-hybridized carbons (Fsp3) is 0.375. The number of carbonyl (C=O) groups excluding carboxylic acids is 1. The van der Waals surface area contributed by atoms with Gasteiger partial charge in [-0.2, -0.15) is 0 Å². The van der Waals surface area contributed by atoms with Gasteiger partial charge in [-0.3, -0.25) is 4.79 Å². The molecule has 2 aliphatic rings. The first kappa shape index (κ1) is 19.0. The third-order valence-electron chi connectivity index (χ3n) is 6.49. The summed E-state index contributed by atoms with van der Waals surface area (Å²) >= 11 is 0. The number of H-pyrrole nitrogens is 1. The predicted octanol–water partition coefficient (Wildman–Crippen LogP) is 4.19. The van der Waals surface area contributed by atoms with Crippen LogP contribution in [0.3, 0.4) is 0 Å². The van der Waals surface area contributed by atoms with Gasteiger partial charge in [0.1, 0.15) is 0 Å². The second kappa shape index (κ2) is 6.77. The number of nitrogens with one attached hydrogen (secondary N) is 2. The quantitative estimate of drug-likeness (QED) is 0.574. The average molecular weight is 405 g/mol. The van der Waals surface area contributed by atoms with Crippen LogP contribution in [-0.2, 0) is 15.6 Å². The number of rotatable bonds is 6. The molecule has 1 aliphatic carbocycles. The highest BCUT2D eigenvalue weighted by Gasteiger charge is 2.51. The number of fused-ring (bicyclic) bond motifs is 2. The Morgan fingerprint density at radius 1 is 1.13 bits per heavy atom. The smallest absolute Gasteiger partial charge is 0.235 e. The summed E-state index contributed by atoms with van der Waals surface area (Å²) in [4.78, 5) is 16.7. The van der Waals surface area contributed by atoms with Gasteiger partial charge in [-0.15, -0.1) is 0 Å². The number of benzene rings is 2. The molecule has 1 aliphatic heterocycles. The Kier molecular flexibility index (Phi) is 4.29. The van der Waals surface area contributed by atoms with E-state index in [9.17, 15) is 4.79 Å². The van der Waals surface area contributed by atoms with Gasteiger partial charge < -0.3 is 25.5 Å². The maximum Gasteiger partial charge on any atom is 0.235 e. The standard InChI is InChI=1S/C24H27N3O3/c1-23(2,9-10-25)21-12-15-11-17(4-5-18(15)27-21)26-22(28)24(7-8-24)16-3-6-19-20(13-16)30-14-29-19/h3-6,11-13,27H,7-10,14,25H2,1-2H3,(H,26,28). The molecule has 5 rings (SSSR count). The van der Waals surface area contributed by atoms with E-state index < -0.39 is 5.41 Å². The highest BCUT2D eigenvalue weighted by Crippen LogP contribution is 2.51. The molecule has 1 amide bonds. The molecule has 1 aromatic heterocycles. The van der Waals surface area contributed by atoms with Crippen LogP contribution in [0.5, 0.6) is 11.5 Å². The van der Waals surface area contributed by atoms with Gasteiger partial charge in [0.15, 0.2) is 11.5 Å². The first-order valence-corrected chi connectivity index (χ1v) is 10.5. The Balaban J connectivity index is 1.38. The molecule has 30 heavy (non-hydrogen) atoms. The average Bonchev–Trinajstić information content (AvgIpc) is 3.19. The molecule has 0 spiro atoms. The topological polar surface area (TPSA) is 89.4 Å². The molecule has 6 nitrogen and oxygen atoms in total. The van der Waals surface area contributed by atoms with E-state index in [1.54, 1.807) is 0 Å². The summed E-state index contributed by atoms with van der Waals surface area (Å²) in [5, 5.41) is 4.22. The van der Waals surface area contributed by atoms with E-state index in [0.717, 1.165) is 52.9 Å². The van der Waals surface area contributed by atoms with Gasteiger partial charge in [-0.1, -0.05) is 19.9 Å². The maximum atomic E-state index is 13.2. The van der Waals surface area contributed by atoms with E-state index in [4.69, 9.17) is 15.2 Å². The van der Waals surface area contributed by atoms with Gasteiger partial charge in [-0.25, -0.2) is 0 Å².